The number of hydrogen-bond donors (Lipinski definition) is 2. The van der Waals surface area contributed by atoms with Crippen LogP contribution in [0.1, 0.15) is 12.8 Å². The Morgan fingerprint density at radius 2 is 2.12 bits per heavy atom. The van der Waals surface area contributed by atoms with Gasteiger partial charge in [-0.15, -0.1) is 0 Å². The lowest BCUT2D eigenvalue weighted by Crippen LogP contribution is -2.22. The number of carbonyl (C=O) groups is 1. The van der Waals surface area contributed by atoms with E-state index >= 15 is 0 Å². The van der Waals surface area contributed by atoms with Crippen LogP contribution in [0.5, 0.6) is 5.75 Å². The van der Waals surface area contributed by atoms with Crippen molar-refractivity contribution < 1.29 is 14.3 Å². The molecular formula is C19H21BrN2O3. The maximum absolute atomic E-state index is 12.1. The van der Waals surface area contributed by atoms with Crippen molar-refractivity contribution in [1.82, 2.24) is 0 Å². The minimum absolute atomic E-state index is 0.118. The fourth-order valence-electron chi connectivity index (χ4n) is 2.61. The zero-order valence-electron chi connectivity index (χ0n) is 13.8. The molecule has 2 aromatic rings. The van der Waals surface area contributed by atoms with Crippen LogP contribution in [0.2, 0.25) is 0 Å². The van der Waals surface area contributed by atoms with E-state index in [-0.39, 0.29) is 18.6 Å². The average molecular weight is 405 g/mol. The monoisotopic (exact) mass is 404 g/mol. The molecule has 0 bridgehead atoms. The number of amides is 1. The van der Waals surface area contributed by atoms with Crippen LogP contribution in [0.15, 0.2) is 53.0 Å². The Morgan fingerprint density at radius 3 is 2.92 bits per heavy atom. The molecule has 0 spiro atoms. The Morgan fingerprint density at radius 1 is 1.24 bits per heavy atom. The normalized spacial score (nSPS) is 16.4. The molecule has 25 heavy (non-hydrogen) atoms. The summed E-state index contributed by atoms with van der Waals surface area (Å²) in [6, 6.07) is 15.1. The van der Waals surface area contributed by atoms with Gasteiger partial charge in [0.15, 0.2) is 0 Å². The van der Waals surface area contributed by atoms with Gasteiger partial charge < -0.3 is 20.1 Å². The van der Waals surface area contributed by atoms with E-state index in [1.54, 1.807) is 0 Å². The molecule has 1 saturated heterocycles. The molecule has 0 saturated carbocycles. The molecule has 132 valence electrons. The van der Waals surface area contributed by atoms with Crippen molar-refractivity contribution >= 4 is 33.2 Å². The quantitative estimate of drug-likeness (QED) is 0.730. The first-order valence-electron chi connectivity index (χ1n) is 8.33. The van der Waals surface area contributed by atoms with Crippen LogP contribution < -0.4 is 15.4 Å². The highest BCUT2D eigenvalue weighted by Crippen LogP contribution is 2.22. The number of para-hydroxylation sites is 1. The molecule has 1 fully saturated rings. The molecule has 0 radical (unpaired) electrons. The van der Waals surface area contributed by atoms with E-state index in [0.29, 0.717) is 12.3 Å². The summed E-state index contributed by atoms with van der Waals surface area (Å²) in [6.45, 7) is 1.54. The van der Waals surface area contributed by atoms with Crippen molar-refractivity contribution in [3.8, 4) is 5.75 Å². The standard InChI is InChI=1S/C19H21BrN2O3/c20-17-8-1-2-9-18(17)21-12-19(23)22-14-5-3-6-15(11-14)25-13-16-7-4-10-24-16/h1-3,5-6,8-9,11,16,21H,4,7,10,12-13H2,(H,22,23). The van der Waals surface area contributed by atoms with Gasteiger partial charge >= 0.3 is 0 Å². The average Bonchev–Trinajstić information content (AvgIpc) is 3.13. The van der Waals surface area contributed by atoms with Crippen LogP contribution in [0.3, 0.4) is 0 Å². The predicted octanol–water partition coefficient (Wildman–Crippen LogP) is 4.06. The fourth-order valence-corrected chi connectivity index (χ4v) is 3.04. The van der Waals surface area contributed by atoms with Gasteiger partial charge in [-0.25, -0.2) is 0 Å². The van der Waals surface area contributed by atoms with Crippen molar-refractivity contribution in [2.45, 2.75) is 18.9 Å². The third-order valence-electron chi connectivity index (χ3n) is 3.89. The SMILES string of the molecule is O=C(CNc1ccccc1Br)Nc1cccc(OCC2CCCO2)c1. The first kappa shape index (κ1) is 17.8. The number of benzene rings is 2. The number of nitrogens with one attached hydrogen (secondary N) is 2. The number of ether oxygens (including phenoxy) is 2. The van der Waals surface area contributed by atoms with Gasteiger partial charge in [0.2, 0.25) is 5.91 Å². The summed E-state index contributed by atoms with van der Waals surface area (Å²) in [4.78, 5) is 12.1. The highest BCUT2D eigenvalue weighted by molar-refractivity contribution is 9.10. The third kappa shape index (κ3) is 5.47. The van der Waals surface area contributed by atoms with Crippen LogP contribution in [0, 0.1) is 0 Å². The second-order valence-corrected chi connectivity index (χ2v) is 6.71. The van der Waals surface area contributed by atoms with Gasteiger partial charge in [0.05, 0.1) is 12.6 Å². The van der Waals surface area contributed by atoms with Crippen molar-refractivity contribution in [2.75, 3.05) is 30.4 Å². The minimum Gasteiger partial charge on any atom is -0.491 e. The molecule has 1 aliphatic rings. The summed E-state index contributed by atoms with van der Waals surface area (Å²) in [5.74, 6) is 0.610. The van der Waals surface area contributed by atoms with E-state index in [1.807, 2.05) is 48.5 Å². The lowest BCUT2D eigenvalue weighted by molar-refractivity contribution is -0.114. The number of halogens is 1. The Bertz CT molecular complexity index is 717. The molecule has 1 amide bonds. The van der Waals surface area contributed by atoms with E-state index in [2.05, 4.69) is 26.6 Å². The first-order chi connectivity index (χ1) is 12.2. The summed E-state index contributed by atoms with van der Waals surface area (Å²) in [5, 5.41) is 5.98. The Balaban J connectivity index is 1.49. The van der Waals surface area contributed by atoms with Gasteiger partial charge in [0, 0.05) is 28.5 Å². The zero-order valence-corrected chi connectivity index (χ0v) is 15.4. The van der Waals surface area contributed by atoms with Crippen molar-refractivity contribution in [2.24, 2.45) is 0 Å². The predicted molar refractivity (Wildman–Crippen MR) is 102 cm³/mol. The van der Waals surface area contributed by atoms with Crippen LogP contribution in [-0.2, 0) is 9.53 Å². The van der Waals surface area contributed by atoms with E-state index in [9.17, 15) is 4.79 Å². The van der Waals surface area contributed by atoms with Crippen LogP contribution in [0.4, 0.5) is 11.4 Å². The second kappa shape index (κ2) is 8.87. The lowest BCUT2D eigenvalue weighted by Gasteiger charge is -2.13. The molecule has 6 heteroatoms. The van der Waals surface area contributed by atoms with Gasteiger partial charge in [-0.3, -0.25) is 4.79 Å². The first-order valence-corrected chi connectivity index (χ1v) is 9.13. The van der Waals surface area contributed by atoms with Crippen LogP contribution >= 0.6 is 15.9 Å². The second-order valence-electron chi connectivity index (χ2n) is 5.86. The highest BCUT2D eigenvalue weighted by atomic mass is 79.9. The van der Waals surface area contributed by atoms with Crippen molar-refractivity contribution in [1.29, 1.82) is 0 Å². The molecule has 1 atom stereocenters. The van der Waals surface area contributed by atoms with Crippen LogP contribution in [-0.4, -0.2) is 31.8 Å². The Kier molecular flexibility index (Phi) is 6.30. The van der Waals surface area contributed by atoms with E-state index in [1.165, 1.54) is 0 Å². The summed E-state index contributed by atoms with van der Waals surface area (Å²) >= 11 is 3.45. The van der Waals surface area contributed by atoms with Crippen LogP contribution in [0.25, 0.3) is 0 Å². The summed E-state index contributed by atoms with van der Waals surface area (Å²) in [7, 11) is 0. The maximum Gasteiger partial charge on any atom is 0.243 e. The number of hydrogen-bond acceptors (Lipinski definition) is 4. The maximum atomic E-state index is 12.1. The number of carbonyl (C=O) groups excluding carboxylic acids is 1. The van der Waals surface area contributed by atoms with E-state index < -0.39 is 0 Å². The van der Waals surface area contributed by atoms with Gasteiger partial charge in [-0.2, -0.15) is 0 Å². The molecular weight excluding hydrogens is 384 g/mol. The van der Waals surface area contributed by atoms with Crippen molar-refractivity contribution in [3.63, 3.8) is 0 Å². The topological polar surface area (TPSA) is 59.6 Å². The summed E-state index contributed by atoms with van der Waals surface area (Å²) in [6.07, 6.45) is 2.30. The smallest absolute Gasteiger partial charge is 0.243 e. The molecule has 5 nitrogen and oxygen atoms in total. The molecule has 0 aliphatic carbocycles. The third-order valence-corrected chi connectivity index (χ3v) is 4.58. The van der Waals surface area contributed by atoms with Gasteiger partial charge in [-0.1, -0.05) is 18.2 Å². The van der Waals surface area contributed by atoms with Gasteiger partial charge in [0.1, 0.15) is 12.4 Å². The zero-order chi connectivity index (χ0) is 17.5. The highest BCUT2D eigenvalue weighted by Gasteiger charge is 2.16. The summed E-state index contributed by atoms with van der Waals surface area (Å²) in [5.41, 5.74) is 1.59. The molecule has 2 aromatic carbocycles. The molecule has 3 rings (SSSR count). The molecule has 1 heterocycles. The molecule has 0 aromatic heterocycles. The molecule has 1 unspecified atom stereocenters. The minimum atomic E-state index is -0.118. The van der Waals surface area contributed by atoms with Gasteiger partial charge in [0.25, 0.3) is 0 Å². The fraction of sp³-hybridized carbons (Fsp3) is 0.316. The Hall–Kier alpha value is -2.05. The Labute approximate surface area is 155 Å². The van der Waals surface area contributed by atoms with Crippen molar-refractivity contribution in [3.05, 3.63) is 53.0 Å². The molecule has 1 aliphatic heterocycles. The lowest BCUT2D eigenvalue weighted by atomic mass is 10.2. The summed E-state index contributed by atoms with van der Waals surface area (Å²) < 4.78 is 12.2. The largest absolute Gasteiger partial charge is 0.491 e. The van der Waals surface area contributed by atoms with E-state index in [4.69, 9.17) is 9.47 Å². The number of rotatable bonds is 7. The number of anilines is 2. The van der Waals surface area contributed by atoms with E-state index in [0.717, 1.165) is 35.4 Å². The van der Waals surface area contributed by atoms with Gasteiger partial charge in [-0.05, 0) is 53.0 Å². The molecule has 2 N–H and O–H groups in total.